The van der Waals surface area contributed by atoms with Crippen LogP contribution >= 0.6 is 11.6 Å². The minimum absolute atomic E-state index is 0.0859. The van der Waals surface area contributed by atoms with E-state index in [0.717, 1.165) is 17.2 Å². The third-order valence-electron chi connectivity index (χ3n) is 3.28. The molecule has 2 aromatic rings. The summed E-state index contributed by atoms with van der Waals surface area (Å²) in [7, 11) is 0. The highest BCUT2D eigenvalue weighted by atomic mass is 35.5. The van der Waals surface area contributed by atoms with Gasteiger partial charge in [-0.1, -0.05) is 34.9 Å². The number of halogens is 2. The maximum absolute atomic E-state index is 12.9. The first-order valence-electron chi connectivity index (χ1n) is 7.31. The zero-order chi connectivity index (χ0) is 17.7. The minimum Gasteiger partial charge on any atom is -0.459 e. The summed E-state index contributed by atoms with van der Waals surface area (Å²) in [5.41, 5.74) is 2.91. The molecule has 0 aromatic heterocycles. The van der Waals surface area contributed by atoms with Crippen LogP contribution in [0.25, 0.3) is 0 Å². The Hall–Kier alpha value is -2.40. The number of benzene rings is 2. The highest BCUT2D eigenvalue weighted by Gasteiger charge is 2.11. The number of aryl methyl sites for hydroxylation is 2. The third kappa shape index (κ3) is 5.06. The van der Waals surface area contributed by atoms with E-state index in [2.05, 4.69) is 5.32 Å². The summed E-state index contributed by atoms with van der Waals surface area (Å²) >= 11 is 5.85. The number of carbonyl (C=O) groups is 2. The zero-order valence-electron chi connectivity index (χ0n) is 13.4. The van der Waals surface area contributed by atoms with Crippen LogP contribution in [0, 0.1) is 19.7 Å². The van der Waals surface area contributed by atoms with E-state index < -0.39 is 11.8 Å². The monoisotopic (exact) mass is 349 g/mol. The van der Waals surface area contributed by atoms with E-state index in [1.807, 2.05) is 19.9 Å². The first-order chi connectivity index (χ1) is 11.3. The van der Waals surface area contributed by atoms with Crippen LogP contribution in [-0.2, 0) is 16.1 Å². The van der Waals surface area contributed by atoms with Crippen molar-refractivity contribution in [2.45, 2.75) is 20.5 Å². The molecule has 4 nitrogen and oxygen atoms in total. The van der Waals surface area contributed by atoms with Gasteiger partial charge in [0.25, 0.3) is 5.91 Å². The van der Waals surface area contributed by atoms with E-state index in [9.17, 15) is 14.0 Å². The first-order valence-corrected chi connectivity index (χ1v) is 7.69. The van der Waals surface area contributed by atoms with Gasteiger partial charge in [-0.15, -0.1) is 0 Å². The number of amides is 1. The molecule has 1 amide bonds. The van der Waals surface area contributed by atoms with Gasteiger partial charge in [-0.25, -0.2) is 4.39 Å². The van der Waals surface area contributed by atoms with Crippen molar-refractivity contribution in [3.8, 4) is 0 Å². The quantitative estimate of drug-likeness (QED) is 0.839. The van der Waals surface area contributed by atoms with Crippen molar-refractivity contribution in [2.24, 2.45) is 0 Å². The molecule has 0 bridgehead atoms. The molecule has 1 N–H and O–H groups in total. The lowest BCUT2D eigenvalue weighted by atomic mass is 10.1. The highest BCUT2D eigenvalue weighted by Crippen LogP contribution is 2.18. The number of rotatable bonds is 5. The summed E-state index contributed by atoms with van der Waals surface area (Å²) in [6.45, 7) is 3.44. The van der Waals surface area contributed by atoms with Crippen molar-refractivity contribution < 1.29 is 18.7 Å². The minimum atomic E-state index is -0.604. The van der Waals surface area contributed by atoms with E-state index in [-0.39, 0.29) is 24.1 Å². The highest BCUT2D eigenvalue weighted by molar-refractivity contribution is 6.31. The van der Waals surface area contributed by atoms with Crippen LogP contribution < -0.4 is 5.32 Å². The average Bonchev–Trinajstić information content (AvgIpc) is 2.50. The fourth-order valence-corrected chi connectivity index (χ4v) is 2.43. The molecule has 0 heterocycles. The lowest BCUT2D eigenvalue weighted by Gasteiger charge is -2.09. The van der Waals surface area contributed by atoms with Crippen LogP contribution in [0.3, 0.4) is 0 Å². The fraction of sp³-hybridized carbons (Fsp3) is 0.222. The van der Waals surface area contributed by atoms with Crippen molar-refractivity contribution in [1.29, 1.82) is 0 Å². The van der Waals surface area contributed by atoms with Crippen LogP contribution in [0.15, 0.2) is 36.4 Å². The Morgan fingerprint density at radius 3 is 2.42 bits per heavy atom. The van der Waals surface area contributed by atoms with Crippen LogP contribution in [0.2, 0.25) is 5.02 Å². The first kappa shape index (κ1) is 17.9. The van der Waals surface area contributed by atoms with Gasteiger partial charge in [-0.05, 0) is 38.1 Å². The molecule has 0 fully saturated rings. The largest absolute Gasteiger partial charge is 0.459 e. The van der Waals surface area contributed by atoms with Gasteiger partial charge in [0.15, 0.2) is 0 Å². The van der Waals surface area contributed by atoms with E-state index in [0.29, 0.717) is 11.1 Å². The Bertz CT molecular complexity index is 757. The SMILES string of the molecule is Cc1cc(C)cc(C(=O)NCC(=O)OCc2ccc(F)cc2Cl)c1. The van der Waals surface area contributed by atoms with Crippen molar-refractivity contribution in [1.82, 2.24) is 5.32 Å². The van der Waals surface area contributed by atoms with Gasteiger partial charge in [0.2, 0.25) is 0 Å². The maximum Gasteiger partial charge on any atom is 0.325 e. The maximum atomic E-state index is 12.9. The molecule has 0 saturated heterocycles. The summed E-state index contributed by atoms with van der Waals surface area (Å²) in [4.78, 5) is 23.7. The molecule has 0 aliphatic heterocycles. The molecule has 0 spiro atoms. The number of esters is 1. The summed E-state index contributed by atoms with van der Waals surface area (Å²) < 4.78 is 18.0. The van der Waals surface area contributed by atoms with Crippen molar-refractivity contribution >= 4 is 23.5 Å². The Labute approximate surface area is 144 Å². The Balaban J connectivity index is 1.85. The van der Waals surface area contributed by atoms with Crippen LogP contribution in [0.5, 0.6) is 0 Å². The molecule has 0 aliphatic rings. The molecule has 126 valence electrons. The molecule has 2 aromatic carbocycles. The smallest absolute Gasteiger partial charge is 0.325 e. The van der Waals surface area contributed by atoms with Crippen molar-refractivity contribution in [3.05, 3.63) is 69.5 Å². The number of ether oxygens (including phenoxy) is 1. The molecule has 0 radical (unpaired) electrons. The van der Waals surface area contributed by atoms with Gasteiger partial charge in [0, 0.05) is 11.1 Å². The van der Waals surface area contributed by atoms with Gasteiger partial charge >= 0.3 is 5.97 Å². The summed E-state index contributed by atoms with van der Waals surface area (Å²) in [6, 6.07) is 9.26. The predicted molar refractivity (Wildman–Crippen MR) is 89.5 cm³/mol. The number of hydrogen-bond acceptors (Lipinski definition) is 3. The summed E-state index contributed by atoms with van der Waals surface area (Å²) in [5.74, 6) is -1.41. The average molecular weight is 350 g/mol. The third-order valence-corrected chi connectivity index (χ3v) is 3.63. The number of hydrogen-bond donors (Lipinski definition) is 1. The summed E-state index contributed by atoms with van der Waals surface area (Å²) in [5, 5.41) is 2.69. The molecule has 0 saturated carbocycles. The molecule has 2 rings (SSSR count). The topological polar surface area (TPSA) is 55.4 Å². The molecular formula is C18H17ClFNO3. The van der Waals surface area contributed by atoms with Gasteiger partial charge in [-0.2, -0.15) is 0 Å². The second-order valence-corrected chi connectivity index (χ2v) is 5.86. The Morgan fingerprint density at radius 2 is 1.79 bits per heavy atom. The number of carbonyl (C=O) groups excluding carboxylic acids is 2. The van der Waals surface area contributed by atoms with Crippen molar-refractivity contribution in [3.63, 3.8) is 0 Å². The lowest BCUT2D eigenvalue weighted by molar-refractivity contribution is -0.143. The molecular weight excluding hydrogens is 333 g/mol. The van der Waals surface area contributed by atoms with Crippen LogP contribution in [0.4, 0.5) is 4.39 Å². The fourth-order valence-electron chi connectivity index (χ4n) is 2.21. The Morgan fingerprint density at radius 1 is 1.12 bits per heavy atom. The van der Waals surface area contributed by atoms with Crippen LogP contribution in [-0.4, -0.2) is 18.4 Å². The Kier molecular flexibility index (Phi) is 5.93. The van der Waals surface area contributed by atoms with Crippen LogP contribution in [0.1, 0.15) is 27.0 Å². The zero-order valence-corrected chi connectivity index (χ0v) is 14.1. The van der Waals surface area contributed by atoms with Gasteiger partial charge in [-0.3, -0.25) is 9.59 Å². The number of nitrogens with one attached hydrogen (secondary N) is 1. The second kappa shape index (κ2) is 7.93. The standard InChI is InChI=1S/C18H17ClFNO3/c1-11-5-12(2)7-14(6-11)18(23)21-9-17(22)24-10-13-3-4-15(20)8-16(13)19/h3-8H,9-10H2,1-2H3,(H,21,23). The van der Waals surface area contributed by atoms with Gasteiger partial charge in [0.1, 0.15) is 19.0 Å². The van der Waals surface area contributed by atoms with E-state index >= 15 is 0 Å². The molecule has 0 atom stereocenters. The normalized spacial score (nSPS) is 10.3. The molecule has 24 heavy (non-hydrogen) atoms. The van der Waals surface area contributed by atoms with Crippen molar-refractivity contribution in [2.75, 3.05) is 6.54 Å². The summed E-state index contributed by atoms with van der Waals surface area (Å²) in [6.07, 6.45) is 0. The lowest BCUT2D eigenvalue weighted by Crippen LogP contribution is -2.30. The molecule has 6 heteroatoms. The van der Waals surface area contributed by atoms with Gasteiger partial charge in [0.05, 0.1) is 5.02 Å². The van der Waals surface area contributed by atoms with Gasteiger partial charge < -0.3 is 10.1 Å². The second-order valence-electron chi connectivity index (χ2n) is 5.46. The predicted octanol–water partition coefficient (Wildman–Crippen LogP) is 3.57. The van der Waals surface area contributed by atoms with E-state index in [1.54, 1.807) is 12.1 Å². The van der Waals surface area contributed by atoms with E-state index in [4.69, 9.17) is 16.3 Å². The van der Waals surface area contributed by atoms with E-state index in [1.165, 1.54) is 12.1 Å². The molecule has 0 unspecified atom stereocenters. The molecule has 0 aliphatic carbocycles.